The summed E-state index contributed by atoms with van der Waals surface area (Å²) < 4.78 is 53.0. The number of hydrogen-bond acceptors (Lipinski definition) is 2. The second-order valence-electron chi connectivity index (χ2n) is 4.85. The first-order valence-corrected chi connectivity index (χ1v) is 8.47. The Kier molecular flexibility index (Phi) is 4.99. The summed E-state index contributed by atoms with van der Waals surface area (Å²) in [6, 6.07) is 2.16. The van der Waals surface area contributed by atoms with Crippen LogP contribution in [0.5, 0.6) is 0 Å². The highest BCUT2D eigenvalue weighted by atomic mass is 35.5. The molecule has 0 spiro atoms. The second kappa shape index (κ2) is 6.37. The first kappa shape index (κ1) is 15.7. The Labute approximate surface area is 122 Å². The van der Waals surface area contributed by atoms with Gasteiger partial charge in [0.25, 0.3) is 0 Å². The molecular formula is C13H16ClF2NO2S. The van der Waals surface area contributed by atoms with Crippen molar-refractivity contribution in [2.45, 2.75) is 36.6 Å². The van der Waals surface area contributed by atoms with Crippen LogP contribution in [0.25, 0.3) is 0 Å². The lowest BCUT2D eigenvalue weighted by Crippen LogP contribution is -2.41. The molecule has 0 N–H and O–H groups in total. The molecule has 2 rings (SSSR count). The molecule has 1 heterocycles. The zero-order chi connectivity index (χ0) is 14.8. The van der Waals surface area contributed by atoms with Crippen LogP contribution < -0.4 is 0 Å². The molecule has 7 heteroatoms. The third-order valence-electron chi connectivity index (χ3n) is 3.48. The van der Waals surface area contributed by atoms with Crippen molar-refractivity contribution in [3.63, 3.8) is 0 Å². The molecule has 0 bridgehead atoms. The third-order valence-corrected chi connectivity index (χ3v) is 5.82. The number of nitrogens with zero attached hydrogens (tertiary/aromatic N) is 1. The lowest BCUT2D eigenvalue weighted by molar-refractivity contribution is 0.343. The summed E-state index contributed by atoms with van der Waals surface area (Å²) >= 11 is 5.85. The van der Waals surface area contributed by atoms with E-state index in [2.05, 4.69) is 0 Å². The summed E-state index contributed by atoms with van der Waals surface area (Å²) in [4.78, 5) is -0.490. The fraction of sp³-hybridized carbons (Fsp3) is 0.538. The summed E-state index contributed by atoms with van der Waals surface area (Å²) in [7, 11) is -3.99. The van der Waals surface area contributed by atoms with E-state index < -0.39 is 26.6 Å². The standard InChI is InChI=1S/C13H16ClF2NO2S/c14-9-11-4-2-1-3-7-17(11)20(18,19)13-6-5-10(15)8-12(13)16/h5-6,8,11H,1-4,7,9H2. The Bertz CT molecular complexity index is 580. The SMILES string of the molecule is O=S(=O)(c1ccc(F)cc1F)N1CCCCCC1CCl. The first-order valence-electron chi connectivity index (χ1n) is 6.49. The number of sulfonamides is 1. The van der Waals surface area contributed by atoms with Gasteiger partial charge in [-0.3, -0.25) is 0 Å². The molecular weight excluding hydrogens is 308 g/mol. The molecule has 112 valence electrons. The molecule has 0 amide bonds. The minimum atomic E-state index is -3.99. The van der Waals surface area contributed by atoms with Gasteiger partial charge in [0.15, 0.2) is 0 Å². The molecule has 0 aromatic heterocycles. The van der Waals surface area contributed by atoms with E-state index in [9.17, 15) is 17.2 Å². The van der Waals surface area contributed by atoms with Crippen LogP contribution in [0, 0.1) is 11.6 Å². The summed E-state index contributed by atoms with van der Waals surface area (Å²) in [6.07, 6.45) is 3.20. The molecule has 0 radical (unpaired) electrons. The van der Waals surface area contributed by atoms with Crippen molar-refractivity contribution in [2.24, 2.45) is 0 Å². The maximum absolute atomic E-state index is 13.8. The van der Waals surface area contributed by atoms with Crippen LogP contribution in [0.3, 0.4) is 0 Å². The van der Waals surface area contributed by atoms with Gasteiger partial charge in [0, 0.05) is 24.5 Å². The van der Waals surface area contributed by atoms with E-state index in [1.165, 1.54) is 4.31 Å². The molecule has 1 unspecified atom stereocenters. The Morgan fingerprint density at radius 3 is 2.65 bits per heavy atom. The summed E-state index contributed by atoms with van der Waals surface area (Å²) in [6.45, 7) is 0.316. The van der Waals surface area contributed by atoms with Gasteiger partial charge in [0.2, 0.25) is 10.0 Å². The second-order valence-corrected chi connectivity index (χ2v) is 7.02. The largest absolute Gasteiger partial charge is 0.246 e. The predicted molar refractivity (Wildman–Crippen MR) is 73.2 cm³/mol. The van der Waals surface area contributed by atoms with Crippen molar-refractivity contribution in [3.05, 3.63) is 29.8 Å². The monoisotopic (exact) mass is 323 g/mol. The van der Waals surface area contributed by atoms with Crippen molar-refractivity contribution in [1.82, 2.24) is 4.31 Å². The van der Waals surface area contributed by atoms with Gasteiger partial charge in [-0.25, -0.2) is 17.2 Å². The fourth-order valence-electron chi connectivity index (χ4n) is 2.43. The molecule has 1 atom stereocenters. The van der Waals surface area contributed by atoms with Crippen LogP contribution in [0.15, 0.2) is 23.1 Å². The quantitative estimate of drug-likeness (QED) is 0.801. The minimum absolute atomic E-state index is 0.169. The molecule has 1 saturated heterocycles. The highest BCUT2D eigenvalue weighted by Crippen LogP contribution is 2.27. The van der Waals surface area contributed by atoms with Gasteiger partial charge >= 0.3 is 0 Å². The van der Waals surface area contributed by atoms with E-state index in [0.717, 1.165) is 31.4 Å². The summed E-state index contributed by atoms with van der Waals surface area (Å²) in [5.74, 6) is -1.70. The zero-order valence-electron chi connectivity index (χ0n) is 10.9. The van der Waals surface area contributed by atoms with E-state index >= 15 is 0 Å². The predicted octanol–water partition coefficient (Wildman–Crippen LogP) is 3.14. The number of benzene rings is 1. The van der Waals surface area contributed by atoms with Crippen LogP contribution in [-0.2, 0) is 10.0 Å². The fourth-order valence-corrected chi connectivity index (χ4v) is 4.57. The van der Waals surface area contributed by atoms with Crippen molar-refractivity contribution in [1.29, 1.82) is 0 Å². The Hall–Kier alpha value is -0.720. The zero-order valence-corrected chi connectivity index (χ0v) is 12.4. The van der Waals surface area contributed by atoms with Crippen LogP contribution in [0.2, 0.25) is 0 Å². The number of halogens is 3. The van der Waals surface area contributed by atoms with Crippen LogP contribution in [-0.4, -0.2) is 31.2 Å². The summed E-state index contributed by atoms with van der Waals surface area (Å²) in [5.41, 5.74) is 0. The number of hydrogen-bond donors (Lipinski definition) is 0. The summed E-state index contributed by atoms with van der Waals surface area (Å²) in [5, 5.41) is 0. The van der Waals surface area contributed by atoms with Gasteiger partial charge < -0.3 is 0 Å². The van der Waals surface area contributed by atoms with Crippen LogP contribution >= 0.6 is 11.6 Å². The van der Waals surface area contributed by atoms with E-state index in [1.54, 1.807) is 0 Å². The lowest BCUT2D eigenvalue weighted by atomic mass is 10.1. The third kappa shape index (κ3) is 3.13. The lowest BCUT2D eigenvalue weighted by Gasteiger charge is -2.27. The van der Waals surface area contributed by atoms with Gasteiger partial charge in [-0.2, -0.15) is 4.31 Å². The van der Waals surface area contributed by atoms with E-state index in [4.69, 9.17) is 11.6 Å². The van der Waals surface area contributed by atoms with Gasteiger partial charge in [-0.1, -0.05) is 12.8 Å². The number of alkyl halides is 1. The Morgan fingerprint density at radius 1 is 1.25 bits per heavy atom. The van der Waals surface area contributed by atoms with Gasteiger partial charge in [0.05, 0.1) is 0 Å². The molecule has 20 heavy (non-hydrogen) atoms. The van der Waals surface area contributed by atoms with Crippen molar-refractivity contribution in [2.75, 3.05) is 12.4 Å². The van der Waals surface area contributed by atoms with E-state index in [-0.39, 0.29) is 11.9 Å². The first-order chi connectivity index (χ1) is 9.46. The highest BCUT2D eigenvalue weighted by molar-refractivity contribution is 7.89. The highest BCUT2D eigenvalue weighted by Gasteiger charge is 2.33. The average molecular weight is 324 g/mol. The Morgan fingerprint density at radius 2 is 2.00 bits per heavy atom. The normalized spacial score (nSPS) is 21.6. The van der Waals surface area contributed by atoms with Crippen molar-refractivity contribution in [3.8, 4) is 0 Å². The maximum atomic E-state index is 13.8. The molecule has 1 aromatic rings. The van der Waals surface area contributed by atoms with Crippen molar-refractivity contribution < 1.29 is 17.2 Å². The molecule has 1 aromatic carbocycles. The average Bonchev–Trinajstić information content (AvgIpc) is 2.63. The smallest absolute Gasteiger partial charge is 0.207 e. The molecule has 1 aliphatic heterocycles. The topological polar surface area (TPSA) is 37.4 Å². The van der Waals surface area contributed by atoms with Crippen LogP contribution in [0.1, 0.15) is 25.7 Å². The van der Waals surface area contributed by atoms with Gasteiger partial charge in [-0.05, 0) is 25.0 Å². The van der Waals surface area contributed by atoms with Gasteiger partial charge in [0.1, 0.15) is 16.5 Å². The molecule has 0 aliphatic carbocycles. The number of rotatable bonds is 3. The Balaban J connectivity index is 2.41. The molecule has 3 nitrogen and oxygen atoms in total. The minimum Gasteiger partial charge on any atom is -0.207 e. The molecule has 0 saturated carbocycles. The van der Waals surface area contributed by atoms with E-state index in [1.807, 2.05) is 0 Å². The van der Waals surface area contributed by atoms with Gasteiger partial charge in [-0.15, -0.1) is 11.6 Å². The molecule has 1 aliphatic rings. The maximum Gasteiger partial charge on any atom is 0.246 e. The van der Waals surface area contributed by atoms with Crippen LogP contribution in [0.4, 0.5) is 8.78 Å². The van der Waals surface area contributed by atoms with E-state index in [0.29, 0.717) is 19.0 Å². The molecule has 1 fully saturated rings. The van der Waals surface area contributed by atoms with Crippen molar-refractivity contribution >= 4 is 21.6 Å².